The van der Waals surface area contributed by atoms with Gasteiger partial charge in [0.25, 0.3) is 0 Å². The molecule has 1 saturated heterocycles. The first-order valence-corrected chi connectivity index (χ1v) is 11.5. The van der Waals surface area contributed by atoms with Crippen LogP contribution < -0.4 is 20.3 Å². The fourth-order valence-corrected chi connectivity index (χ4v) is 4.40. The molecule has 3 aromatic rings. The second-order valence-electron chi connectivity index (χ2n) is 6.98. The summed E-state index contributed by atoms with van der Waals surface area (Å²) in [5.74, 6) is 3.63. The van der Waals surface area contributed by atoms with Gasteiger partial charge in [0, 0.05) is 48.5 Å². The second-order valence-corrected chi connectivity index (χ2v) is 8.68. The highest BCUT2D eigenvalue weighted by atomic mass is 32.2. The molecule has 0 unspecified atom stereocenters. The van der Waals surface area contributed by atoms with E-state index >= 15 is 0 Å². The highest BCUT2D eigenvalue weighted by Gasteiger charge is 2.22. The molecule has 31 heavy (non-hydrogen) atoms. The van der Waals surface area contributed by atoms with Gasteiger partial charge in [-0.1, -0.05) is 12.1 Å². The smallest absolute Gasteiger partial charge is 0.225 e. The number of anilines is 3. The van der Waals surface area contributed by atoms with E-state index in [1.807, 2.05) is 24.3 Å². The third kappa shape index (κ3) is 5.00. The summed E-state index contributed by atoms with van der Waals surface area (Å²) in [7, 11) is 0.840. The number of methoxy groups -OCH3 is 1. The molecule has 0 saturated carbocycles. The molecule has 11 heteroatoms. The largest absolute Gasteiger partial charge is 0.497 e. The van der Waals surface area contributed by atoms with E-state index in [1.165, 1.54) is 6.33 Å². The molecule has 0 spiro atoms. The Labute approximate surface area is 182 Å². The third-order valence-corrected chi connectivity index (χ3v) is 6.21. The van der Waals surface area contributed by atoms with Crippen LogP contribution in [0, 0.1) is 0 Å². The maximum absolute atomic E-state index is 11.8. The SMILES string of the molecule is COc1cccc(CNc2ncnc3c(N4CCS(=O)CC4)nc(NCCO)nc23)c1. The molecule has 0 aliphatic carbocycles. The fraction of sp³-hybridized carbons (Fsp3) is 0.400. The Morgan fingerprint density at radius 2 is 2.00 bits per heavy atom. The molecule has 4 rings (SSSR count). The lowest BCUT2D eigenvalue weighted by Crippen LogP contribution is -2.38. The molecule has 2 aromatic heterocycles. The lowest BCUT2D eigenvalue weighted by Gasteiger charge is -2.28. The van der Waals surface area contributed by atoms with Crippen LogP contribution in [0.15, 0.2) is 30.6 Å². The number of aliphatic hydroxyl groups excluding tert-OH is 1. The number of hydrogen-bond acceptors (Lipinski definition) is 10. The summed E-state index contributed by atoms with van der Waals surface area (Å²) in [6.07, 6.45) is 1.49. The normalized spacial score (nSPS) is 14.6. The van der Waals surface area contributed by atoms with Crippen molar-refractivity contribution in [3.05, 3.63) is 36.2 Å². The minimum absolute atomic E-state index is 0.0360. The quantitative estimate of drug-likeness (QED) is 0.464. The second kappa shape index (κ2) is 9.84. The summed E-state index contributed by atoms with van der Waals surface area (Å²) >= 11 is 0. The highest BCUT2D eigenvalue weighted by Crippen LogP contribution is 2.28. The lowest BCUT2D eigenvalue weighted by atomic mass is 10.2. The van der Waals surface area contributed by atoms with Gasteiger partial charge >= 0.3 is 0 Å². The Morgan fingerprint density at radius 3 is 2.77 bits per heavy atom. The summed E-state index contributed by atoms with van der Waals surface area (Å²) in [5.41, 5.74) is 2.26. The molecule has 1 aliphatic rings. The van der Waals surface area contributed by atoms with Crippen molar-refractivity contribution in [1.29, 1.82) is 0 Å². The van der Waals surface area contributed by atoms with E-state index in [1.54, 1.807) is 7.11 Å². The molecule has 3 N–H and O–H groups in total. The monoisotopic (exact) mass is 443 g/mol. The summed E-state index contributed by atoms with van der Waals surface area (Å²) in [6, 6.07) is 7.79. The Hall–Kier alpha value is -3.05. The lowest BCUT2D eigenvalue weighted by molar-refractivity contribution is 0.311. The Bertz CT molecular complexity index is 1070. The first-order chi connectivity index (χ1) is 15.2. The van der Waals surface area contributed by atoms with Crippen LogP contribution in [0.2, 0.25) is 0 Å². The molecule has 0 bridgehead atoms. The predicted octanol–water partition coefficient (Wildman–Crippen LogP) is 1.01. The van der Waals surface area contributed by atoms with Crippen molar-refractivity contribution in [2.75, 3.05) is 60.4 Å². The van der Waals surface area contributed by atoms with Crippen molar-refractivity contribution in [2.45, 2.75) is 6.54 Å². The molecule has 1 aromatic carbocycles. The summed E-state index contributed by atoms with van der Waals surface area (Å²) < 4.78 is 17.1. The number of benzene rings is 1. The van der Waals surface area contributed by atoms with Crippen LogP contribution in [0.4, 0.5) is 17.6 Å². The maximum Gasteiger partial charge on any atom is 0.225 e. The standard InChI is InChI=1S/C20H25N7O3S/c1-30-15-4-2-3-14(11-15)12-22-18-16-17(23-13-24-18)19(26-20(25-16)21-5-8-28)27-6-9-31(29)10-7-27/h2-4,11,13,28H,5-10,12H2,1H3,(H,21,25,26)(H,22,23,24). The molecule has 10 nitrogen and oxygen atoms in total. The van der Waals surface area contributed by atoms with Gasteiger partial charge in [0.1, 0.15) is 23.1 Å². The molecule has 164 valence electrons. The van der Waals surface area contributed by atoms with Gasteiger partial charge in [0.2, 0.25) is 5.95 Å². The van der Waals surface area contributed by atoms with Crippen LogP contribution in [0.25, 0.3) is 11.0 Å². The zero-order chi connectivity index (χ0) is 21.6. The zero-order valence-corrected chi connectivity index (χ0v) is 18.1. The van der Waals surface area contributed by atoms with Gasteiger partial charge in [-0.2, -0.15) is 4.98 Å². The minimum Gasteiger partial charge on any atom is -0.497 e. The van der Waals surface area contributed by atoms with Crippen molar-refractivity contribution in [3.63, 3.8) is 0 Å². The van der Waals surface area contributed by atoms with E-state index in [2.05, 4.69) is 35.5 Å². The fourth-order valence-electron chi connectivity index (χ4n) is 3.35. The van der Waals surface area contributed by atoms with Crippen molar-refractivity contribution >= 4 is 39.4 Å². The van der Waals surface area contributed by atoms with E-state index in [4.69, 9.17) is 4.74 Å². The first-order valence-electron chi connectivity index (χ1n) is 10.0. The number of rotatable bonds is 8. The van der Waals surface area contributed by atoms with Gasteiger partial charge in [-0.05, 0) is 17.7 Å². The van der Waals surface area contributed by atoms with E-state index in [9.17, 15) is 9.32 Å². The van der Waals surface area contributed by atoms with Crippen molar-refractivity contribution in [3.8, 4) is 5.75 Å². The Morgan fingerprint density at radius 1 is 1.16 bits per heavy atom. The average molecular weight is 444 g/mol. The van der Waals surface area contributed by atoms with E-state index in [-0.39, 0.29) is 6.61 Å². The topological polar surface area (TPSA) is 125 Å². The number of aliphatic hydroxyl groups is 1. The molecule has 1 aliphatic heterocycles. The molecular weight excluding hydrogens is 418 g/mol. The number of fused-ring (bicyclic) bond motifs is 1. The van der Waals surface area contributed by atoms with Crippen molar-refractivity contribution in [1.82, 2.24) is 19.9 Å². The zero-order valence-electron chi connectivity index (χ0n) is 17.2. The molecular formula is C20H25N7O3S. The maximum atomic E-state index is 11.8. The molecule has 0 atom stereocenters. The van der Waals surface area contributed by atoms with Crippen LogP contribution in [0.5, 0.6) is 5.75 Å². The van der Waals surface area contributed by atoms with Gasteiger partial charge in [-0.25, -0.2) is 15.0 Å². The van der Waals surface area contributed by atoms with Gasteiger partial charge in [0.15, 0.2) is 11.6 Å². The van der Waals surface area contributed by atoms with Crippen molar-refractivity contribution < 1.29 is 14.1 Å². The summed E-state index contributed by atoms with van der Waals surface area (Å²) in [6.45, 7) is 2.09. The first kappa shape index (κ1) is 21.2. The van der Waals surface area contributed by atoms with Gasteiger partial charge in [-0.3, -0.25) is 4.21 Å². The molecule has 3 heterocycles. The predicted molar refractivity (Wildman–Crippen MR) is 121 cm³/mol. The van der Waals surface area contributed by atoms with Crippen molar-refractivity contribution in [2.24, 2.45) is 0 Å². The number of nitrogens with one attached hydrogen (secondary N) is 2. The van der Waals surface area contributed by atoms with Gasteiger partial charge in [-0.15, -0.1) is 0 Å². The van der Waals surface area contributed by atoms with Crippen LogP contribution in [0.3, 0.4) is 0 Å². The third-order valence-electron chi connectivity index (χ3n) is 4.93. The van der Waals surface area contributed by atoms with E-state index < -0.39 is 10.8 Å². The number of nitrogens with zero attached hydrogens (tertiary/aromatic N) is 5. The highest BCUT2D eigenvalue weighted by molar-refractivity contribution is 7.85. The number of aromatic nitrogens is 4. The summed E-state index contributed by atoms with van der Waals surface area (Å²) in [4.78, 5) is 20.1. The molecule has 0 radical (unpaired) electrons. The molecule has 1 fully saturated rings. The average Bonchev–Trinajstić information content (AvgIpc) is 2.81. The Kier molecular flexibility index (Phi) is 6.73. The Balaban J connectivity index is 1.68. The van der Waals surface area contributed by atoms with E-state index in [0.29, 0.717) is 66.3 Å². The molecule has 0 amide bonds. The van der Waals surface area contributed by atoms with E-state index in [0.717, 1.165) is 11.3 Å². The van der Waals surface area contributed by atoms with Gasteiger partial charge in [0.05, 0.1) is 13.7 Å². The van der Waals surface area contributed by atoms with Crippen LogP contribution >= 0.6 is 0 Å². The minimum atomic E-state index is -0.799. The van der Waals surface area contributed by atoms with Crippen LogP contribution in [0.1, 0.15) is 5.56 Å². The van der Waals surface area contributed by atoms with Crippen LogP contribution in [-0.4, -0.2) is 74.1 Å². The van der Waals surface area contributed by atoms with Crippen LogP contribution in [-0.2, 0) is 17.3 Å². The number of hydrogen-bond donors (Lipinski definition) is 3. The van der Waals surface area contributed by atoms with Gasteiger partial charge < -0.3 is 25.4 Å². The summed E-state index contributed by atoms with van der Waals surface area (Å²) in [5, 5.41) is 15.6. The number of ether oxygens (including phenoxy) is 1.